The van der Waals surface area contributed by atoms with E-state index in [-0.39, 0.29) is 5.97 Å². The zero-order chi connectivity index (χ0) is 16.7. The number of esters is 1. The van der Waals surface area contributed by atoms with Crippen molar-refractivity contribution in [3.05, 3.63) is 29.3 Å². The van der Waals surface area contributed by atoms with Gasteiger partial charge < -0.3 is 14.0 Å². The predicted octanol–water partition coefficient (Wildman–Crippen LogP) is 2.90. The number of carbonyl (C=O) groups is 1. The molecule has 22 heavy (non-hydrogen) atoms. The van der Waals surface area contributed by atoms with Gasteiger partial charge in [0.25, 0.3) is 0 Å². The number of hydrogen-bond donors (Lipinski definition) is 0. The molecule has 120 valence electrons. The maximum absolute atomic E-state index is 12.2. The van der Waals surface area contributed by atoms with Crippen LogP contribution in [0, 0.1) is 0 Å². The van der Waals surface area contributed by atoms with Gasteiger partial charge in [-0.1, -0.05) is 26.0 Å². The molecule has 0 aromatic heterocycles. The van der Waals surface area contributed by atoms with Crippen LogP contribution in [0.1, 0.15) is 63.4 Å². The van der Waals surface area contributed by atoms with Crippen molar-refractivity contribution in [1.29, 1.82) is 0 Å². The van der Waals surface area contributed by atoms with Crippen molar-refractivity contribution in [2.45, 2.75) is 58.7 Å². The van der Waals surface area contributed by atoms with E-state index in [4.69, 9.17) is 14.0 Å². The van der Waals surface area contributed by atoms with Crippen molar-refractivity contribution < 1.29 is 18.8 Å². The van der Waals surface area contributed by atoms with E-state index in [1.807, 2.05) is 45.9 Å². The molecule has 0 saturated carbocycles. The minimum absolute atomic E-state index is 0.329. The quantitative estimate of drug-likeness (QED) is 0.636. The molecule has 1 heterocycles. The number of ether oxygens (including phenoxy) is 1. The van der Waals surface area contributed by atoms with Crippen LogP contribution >= 0.6 is 0 Å². The topological polar surface area (TPSA) is 44.8 Å². The number of benzene rings is 1. The van der Waals surface area contributed by atoms with E-state index < -0.39 is 18.3 Å². The summed E-state index contributed by atoms with van der Waals surface area (Å²) in [6, 6.07) is 5.79. The summed E-state index contributed by atoms with van der Waals surface area (Å²) >= 11 is 0. The van der Waals surface area contributed by atoms with Gasteiger partial charge in [0.2, 0.25) is 0 Å². The van der Waals surface area contributed by atoms with Crippen LogP contribution in [0.3, 0.4) is 0 Å². The highest BCUT2D eigenvalue weighted by Gasteiger charge is 2.52. The number of hydrogen-bond acceptors (Lipinski definition) is 4. The summed E-state index contributed by atoms with van der Waals surface area (Å²) in [5.74, 6) is -0.0389. The van der Waals surface area contributed by atoms with Gasteiger partial charge in [-0.2, -0.15) is 0 Å². The van der Waals surface area contributed by atoms with Gasteiger partial charge in [-0.05, 0) is 50.7 Å². The lowest BCUT2D eigenvalue weighted by atomic mass is 9.75. The van der Waals surface area contributed by atoms with E-state index in [1.165, 1.54) is 7.11 Å². The van der Waals surface area contributed by atoms with Crippen LogP contribution in [0.15, 0.2) is 18.2 Å². The zero-order valence-corrected chi connectivity index (χ0v) is 14.5. The Kier molecular flexibility index (Phi) is 4.42. The van der Waals surface area contributed by atoms with Crippen LogP contribution in [0.2, 0.25) is 0 Å². The normalized spacial score (nSPS) is 19.5. The van der Waals surface area contributed by atoms with Crippen LogP contribution in [-0.2, 0) is 14.0 Å². The van der Waals surface area contributed by atoms with Crippen molar-refractivity contribution in [2.75, 3.05) is 7.11 Å². The molecule has 0 aliphatic carbocycles. The Labute approximate surface area is 133 Å². The fraction of sp³-hybridized carbons (Fsp3) is 0.588. The Morgan fingerprint density at radius 2 is 1.68 bits per heavy atom. The first-order valence-corrected chi connectivity index (χ1v) is 7.67. The molecule has 1 aromatic rings. The molecule has 5 heteroatoms. The van der Waals surface area contributed by atoms with Crippen molar-refractivity contribution in [3.63, 3.8) is 0 Å². The highest BCUT2D eigenvalue weighted by Crippen LogP contribution is 2.36. The highest BCUT2D eigenvalue weighted by molar-refractivity contribution is 6.63. The maximum atomic E-state index is 12.2. The molecule has 1 aliphatic heterocycles. The third-order valence-corrected chi connectivity index (χ3v) is 4.66. The van der Waals surface area contributed by atoms with Gasteiger partial charge in [-0.3, -0.25) is 0 Å². The third-order valence-electron chi connectivity index (χ3n) is 4.66. The molecule has 0 spiro atoms. The van der Waals surface area contributed by atoms with Crippen molar-refractivity contribution in [1.82, 2.24) is 0 Å². The fourth-order valence-corrected chi connectivity index (χ4v) is 2.40. The minimum Gasteiger partial charge on any atom is -0.465 e. The van der Waals surface area contributed by atoms with Gasteiger partial charge in [0.15, 0.2) is 0 Å². The van der Waals surface area contributed by atoms with Gasteiger partial charge in [-0.15, -0.1) is 0 Å². The lowest BCUT2D eigenvalue weighted by Crippen LogP contribution is -2.41. The van der Waals surface area contributed by atoms with Gasteiger partial charge in [0.05, 0.1) is 23.9 Å². The second-order valence-corrected chi connectivity index (χ2v) is 7.08. The van der Waals surface area contributed by atoms with Gasteiger partial charge >= 0.3 is 13.1 Å². The first-order chi connectivity index (χ1) is 10.1. The molecule has 1 aromatic carbocycles. The number of carbonyl (C=O) groups excluding carboxylic acids is 1. The van der Waals surface area contributed by atoms with Crippen molar-refractivity contribution in [2.24, 2.45) is 0 Å². The lowest BCUT2D eigenvalue weighted by Gasteiger charge is -2.32. The summed E-state index contributed by atoms with van der Waals surface area (Å²) in [7, 11) is 0.818. The summed E-state index contributed by atoms with van der Waals surface area (Å²) in [5, 5.41) is 0. The van der Waals surface area contributed by atoms with E-state index in [0.29, 0.717) is 11.5 Å². The van der Waals surface area contributed by atoms with Crippen LogP contribution < -0.4 is 5.46 Å². The first-order valence-electron chi connectivity index (χ1n) is 7.67. The molecule has 0 bridgehead atoms. The van der Waals surface area contributed by atoms with Crippen LogP contribution in [0.25, 0.3) is 0 Å². The summed E-state index contributed by atoms with van der Waals surface area (Å²) in [4.78, 5) is 12.2. The predicted molar refractivity (Wildman–Crippen MR) is 87.6 cm³/mol. The molecule has 2 rings (SSSR count). The summed E-state index contributed by atoms with van der Waals surface area (Å²) in [6.07, 6.45) is 0. The standard InChI is InChI=1S/C17H25BO4/c1-11(2)12-8-9-14(13(10-12)15(19)20-7)18-21-16(3,4)17(5,6)22-18/h8-11H,1-7H3. The molecule has 1 aliphatic rings. The minimum atomic E-state index is -0.569. The molecule has 0 radical (unpaired) electrons. The lowest BCUT2D eigenvalue weighted by molar-refractivity contribution is 0.00578. The van der Waals surface area contributed by atoms with Crippen molar-refractivity contribution in [3.8, 4) is 0 Å². The van der Waals surface area contributed by atoms with Gasteiger partial charge in [0.1, 0.15) is 0 Å². The summed E-state index contributed by atoms with van der Waals surface area (Å²) in [5.41, 5.74) is 1.42. The van der Waals surface area contributed by atoms with E-state index in [9.17, 15) is 4.79 Å². The molecule has 4 nitrogen and oxygen atoms in total. The molecule has 1 saturated heterocycles. The van der Waals surface area contributed by atoms with Gasteiger partial charge in [-0.25, -0.2) is 4.79 Å². The smallest absolute Gasteiger partial charge is 0.465 e. The molecule has 0 amide bonds. The number of rotatable bonds is 3. The number of methoxy groups -OCH3 is 1. The maximum Gasteiger partial charge on any atom is 0.495 e. The van der Waals surface area contributed by atoms with E-state index in [1.54, 1.807) is 0 Å². The van der Waals surface area contributed by atoms with Crippen LogP contribution in [-0.4, -0.2) is 31.4 Å². The van der Waals surface area contributed by atoms with Crippen LogP contribution in [0.5, 0.6) is 0 Å². The van der Waals surface area contributed by atoms with Crippen LogP contribution in [0.4, 0.5) is 0 Å². The second-order valence-electron chi connectivity index (χ2n) is 7.08. The summed E-state index contributed by atoms with van der Waals surface area (Å²) in [6.45, 7) is 12.1. The molecule has 0 N–H and O–H groups in total. The Balaban J connectivity index is 2.46. The summed E-state index contributed by atoms with van der Waals surface area (Å²) < 4.78 is 17.0. The highest BCUT2D eigenvalue weighted by atomic mass is 16.7. The van der Waals surface area contributed by atoms with E-state index >= 15 is 0 Å². The SMILES string of the molecule is COC(=O)c1cc(C(C)C)ccc1B1OC(C)(C)C(C)(C)O1. The Morgan fingerprint density at radius 3 is 2.14 bits per heavy atom. The molecular formula is C17H25BO4. The monoisotopic (exact) mass is 304 g/mol. The first kappa shape index (κ1) is 17.0. The van der Waals surface area contributed by atoms with E-state index in [0.717, 1.165) is 11.0 Å². The third kappa shape index (κ3) is 2.92. The average Bonchev–Trinajstić information content (AvgIpc) is 2.65. The molecule has 1 fully saturated rings. The second kappa shape index (κ2) is 5.71. The molecule has 0 atom stereocenters. The van der Waals surface area contributed by atoms with E-state index in [2.05, 4.69) is 13.8 Å². The molecule has 0 unspecified atom stereocenters. The Bertz CT molecular complexity index is 562. The van der Waals surface area contributed by atoms with Crippen molar-refractivity contribution >= 4 is 18.6 Å². The molecular weight excluding hydrogens is 279 g/mol. The fourth-order valence-electron chi connectivity index (χ4n) is 2.40. The Hall–Kier alpha value is -1.33. The average molecular weight is 304 g/mol. The largest absolute Gasteiger partial charge is 0.495 e. The zero-order valence-electron chi connectivity index (χ0n) is 14.5. The Morgan fingerprint density at radius 1 is 1.14 bits per heavy atom. The van der Waals surface area contributed by atoms with Gasteiger partial charge in [0, 0.05) is 0 Å².